The molecule has 3 aromatic rings. The molecule has 0 saturated carbocycles. The molecule has 2 heterocycles. The fraction of sp³-hybridized carbons (Fsp3) is 0.286. The van der Waals surface area contributed by atoms with E-state index in [0.717, 1.165) is 36.8 Å². The van der Waals surface area contributed by atoms with Gasteiger partial charge in [-0.05, 0) is 61.1 Å². The normalized spacial score (nSPS) is 13.0. The van der Waals surface area contributed by atoms with Crippen molar-refractivity contribution in [1.82, 2.24) is 10.3 Å². The van der Waals surface area contributed by atoms with Crippen LogP contribution in [0.5, 0.6) is 5.75 Å². The number of phenols is 1. The number of furan rings is 1. The van der Waals surface area contributed by atoms with Crippen molar-refractivity contribution in [2.75, 3.05) is 5.32 Å². The standard InChI is InChI=1S/C21H21N3O4S/c1-12(25)22-10-15-6-7-19(28-15)17-11-29-21(23-17)24-20(27)16-8-13-4-2-3-5-14(13)9-18(16)26/h6-9,11,26H,2-5,10H2,1H3,(H,22,25)(H,23,24,27). The Morgan fingerprint density at radius 2 is 1.97 bits per heavy atom. The number of aromatic nitrogens is 1. The molecule has 0 atom stereocenters. The van der Waals surface area contributed by atoms with Gasteiger partial charge < -0.3 is 14.8 Å². The molecule has 0 bridgehead atoms. The van der Waals surface area contributed by atoms with Crippen LogP contribution in [0.4, 0.5) is 5.13 Å². The van der Waals surface area contributed by atoms with Crippen LogP contribution in [0.1, 0.15) is 47.0 Å². The Labute approximate surface area is 171 Å². The van der Waals surface area contributed by atoms with E-state index in [0.29, 0.717) is 28.9 Å². The molecule has 0 radical (unpaired) electrons. The Morgan fingerprint density at radius 1 is 1.21 bits per heavy atom. The van der Waals surface area contributed by atoms with E-state index < -0.39 is 0 Å². The van der Waals surface area contributed by atoms with Crippen molar-refractivity contribution in [3.63, 3.8) is 0 Å². The zero-order chi connectivity index (χ0) is 20.4. The van der Waals surface area contributed by atoms with Gasteiger partial charge in [0.05, 0.1) is 12.1 Å². The SMILES string of the molecule is CC(=O)NCc1ccc(-c2csc(NC(=O)c3cc4c(cc3O)CCCC4)n2)o1. The first-order valence-corrected chi connectivity index (χ1v) is 10.3. The molecule has 0 spiro atoms. The second kappa shape index (κ2) is 8.08. The minimum atomic E-state index is -0.387. The summed E-state index contributed by atoms with van der Waals surface area (Å²) in [6.07, 6.45) is 4.07. The van der Waals surface area contributed by atoms with Crippen molar-refractivity contribution in [2.45, 2.75) is 39.2 Å². The van der Waals surface area contributed by atoms with Crippen LogP contribution >= 0.6 is 11.3 Å². The Kier molecular flexibility index (Phi) is 5.35. The van der Waals surface area contributed by atoms with Crippen LogP contribution in [0.25, 0.3) is 11.5 Å². The molecular formula is C21H21N3O4S. The molecule has 2 aromatic heterocycles. The molecule has 0 saturated heterocycles. The molecular weight excluding hydrogens is 390 g/mol. The predicted octanol–water partition coefficient (Wildman–Crippen LogP) is 3.88. The van der Waals surface area contributed by atoms with Crippen LogP contribution in [0.15, 0.2) is 34.1 Å². The summed E-state index contributed by atoms with van der Waals surface area (Å²) in [6.45, 7) is 1.75. The second-order valence-corrected chi connectivity index (χ2v) is 7.87. The molecule has 29 heavy (non-hydrogen) atoms. The summed E-state index contributed by atoms with van der Waals surface area (Å²) in [5.41, 5.74) is 3.10. The number of phenolic OH excluding ortho intramolecular Hbond substituents is 1. The highest BCUT2D eigenvalue weighted by Crippen LogP contribution is 2.30. The lowest BCUT2D eigenvalue weighted by molar-refractivity contribution is -0.119. The van der Waals surface area contributed by atoms with E-state index in [-0.39, 0.29) is 23.1 Å². The number of anilines is 1. The monoisotopic (exact) mass is 411 g/mol. The van der Waals surface area contributed by atoms with E-state index in [1.54, 1.807) is 29.6 Å². The van der Waals surface area contributed by atoms with Crippen molar-refractivity contribution in [1.29, 1.82) is 0 Å². The highest BCUT2D eigenvalue weighted by atomic mass is 32.1. The van der Waals surface area contributed by atoms with E-state index in [4.69, 9.17) is 4.42 Å². The zero-order valence-corrected chi connectivity index (χ0v) is 16.8. The van der Waals surface area contributed by atoms with E-state index in [1.807, 2.05) is 0 Å². The number of nitrogens with zero attached hydrogens (tertiary/aromatic N) is 1. The quantitative estimate of drug-likeness (QED) is 0.591. The average Bonchev–Trinajstić information content (AvgIpc) is 3.35. The minimum Gasteiger partial charge on any atom is -0.507 e. The van der Waals surface area contributed by atoms with E-state index in [2.05, 4.69) is 15.6 Å². The summed E-state index contributed by atoms with van der Waals surface area (Å²) in [5, 5.41) is 17.9. The lowest BCUT2D eigenvalue weighted by Crippen LogP contribution is -2.18. The fourth-order valence-corrected chi connectivity index (χ4v) is 4.08. The number of thiazole rings is 1. The lowest BCUT2D eigenvalue weighted by atomic mass is 9.90. The fourth-order valence-electron chi connectivity index (χ4n) is 3.39. The number of amides is 2. The minimum absolute atomic E-state index is 0.00595. The van der Waals surface area contributed by atoms with Crippen molar-refractivity contribution in [2.24, 2.45) is 0 Å². The van der Waals surface area contributed by atoms with Gasteiger partial charge in [0.1, 0.15) is 17.2 Å². The molecule has 0 unspecified atom stereocenters. The number of aryl methyl sites for hydroxylation is 2. The van der Waals surface area contributed by atoms with Gasteiger partial charge in [-0.3, -0.25) is 14.9 Å². The maximum atomic E-state index is 12.7. The Hall–Kier alpha value is -3.13. The average molecular weight is 411 g/mol. The van der Waals surface area contributed by atoms with Crippen LogP contribution in [0, 0.1) is 0 Å². The third kappa shape index (κ3) is 4.32. The van der Waals surface area contributed by atoms with E-state index in [1.165, 1.54) is 18.3 Å². The Balaban J connectivity index is 1.47. The van der Waals surface area contributed by atoms with Crippen LogP contribution in [0.3, 0.4) is 0 Å². The number of aromatic hydroxyl groups is 1. The van der Waals surface area contributed by atoms with Gasteiger partial charge >= 0.3 is 0 Å². The van der Waals surface area contributed by atoms with Gasteiger partial charge in [0.15, 0.2) is 10.9 Å². The number of hydrogen-bond donors (Lipinski definition) is 3. The number of benzene rings is 1. The highest BCUT2D eigenvalue weighted by molar-refractivity contribution is 7.14. The largest absolute Gasteiger partial charge is 0.507 e. The summed E-state index contributed by atoms with van der Waals surface area (Å²) in [5.74, 6) is 0.648. The van der Waals surface area contributed by atoms with Gasteiger partial charge in [-0.1, -0.05) is 0 Å². The van der Waals surface area contributed by atoms with Crippen LogP contribution < -0.4 is 10.6 Å². The molecule has 4 rings (SSSR count). The third-order valence-electron chi connectivity index (χ3n) is 4.86. The second-order valence-electron chi connectivity index (χ2n) is 7.01. The summed E-state index contributed by atoms with van der Waals surface area (Å²) in [6, 6.07) is 7.03. The Morgan fingerprint density at radius 3 is 2.72 bits per heavy atom. The maximum absolute atomic E-state index is 12.7. The molecule has 1 aliphatic rings. The molecule has 7 nitrogen and oxygen atoms in total. The smallest absolute Gasteiger partial charge is 0.261 e. The molecule has 2 amide bonds. The summed E-state index contributed by atoms with van der Waals surface area (Å²) in [4.78, 5) is 28.0. The third-order valence-corrected chi connectivity index (χ3v) is 5.61. The first-order chi connectivity index (χ1) is 14.0. The van der Waals surface area contributed by atoms with Gasteiger partial charge in [-0.25, -0.2) is 4.98 Å². The van der Waals surface area contributed by atoms with Crippen molar-refractivity contribution in [3.05, 3.63) is 52.1 Å². The lowest BCUT2D eigenvalue weighted by Gasteiger charge is -2.17. The van der Waals surface area contributed by atoms with Gasteiger partial charge in [-0.2, -0.15) is 0 Å². The van der Waals surface area contributed by atoms with Crippen LogP contribution in [0.2, 0.25) is 0 Å². The van der Waals surface area contributed by atoms with Crippen molar-refractivity contribution < 1.29 is 19.1 Å². The highest BCUT2D eigenvalue weighted by Gasteiger charge is 2.19. The number of nitrogens with one attached hydrogen (secondary N) is 2. The van der Waals surface area contributed by atoms with Gasteiger partial charge in [0, 0.05) is 12.3 Å². The van der Waals surface area contributed by atoms with Gasteiger partial charge in [-0.15, -0.1) is 11.3 Å². The number of carbonyl (C=O) groups is 2. The predicted molar refractivity (Wildman–Crippen MR) is 110 cm³/mol. The summed E-state index contributed by atoms with van der Waals surface area (Å²) >= 11 is 1.28. The molecule has 0 aliphatic heterocycles. The summed E-state index contributed by atoms with van der Waals surface area (Å²) in [7, 11) is 0. The van der Waals surface area contributed by atoms with Gasteiger partial charge in [0.2, 0.25) is 5.91 Å². The van der Waals surface area contributed by atoms with E-state index in [9.17, 15) is 14.7 Å². The Bertz CT molecular complexity index is 1070. The molecule has 0 fully saturated rings. The molecule has 1 aromatic carbocycles. The first kappa shape index (κ1) is 19.2. The van der Waals surface area contributed by atoms with Crippen LogP contribution in [-0.4, -0.2) is 21.9 Å². The number of rotatable bonds is 5. The zero-order valence-electron chi connectivity index (χ0n) is 15.9. The topological polar surface area (TPSA) is 104 Å². The molecule has 8 heteroatoms. The van der Waals surface area contributed by atoms with Crippen molar-refractivity contribution in [3.8, 4) is 17.2 Å². The molecule has 150 valence electrons. The first-order valence-electron chi connectivity index (χ1n) is 9.45. The number of hydrogen-bond acceptors (Lipinski definition) is 6. The number of fused-ring (bicyclic) bond motifs is 1. The summed E-state index contributed by atoms with van der Waals surface area (Å²) < 4.78 is 5.68. The maximum Gasteiger partial charge on any atom is 0.261 e. The van der Waals surface area contributed by atoms with Crippen LogP contribution in [-0.2, 0) is 24.2 Å². The van der Waals surface area contributed by atoms with E-state index >= 15 is 0 Å². The van der Waals surface area contributed by atoms with Crippen molar-refractivity contribution >= 4 is 28.3 Å². The molecule has 3 N–H and O–H groups in total. The molecule has 1 aliphatic carbocycles. The van der Waals surface area contributed by atoms with Gasteiger partial charge in [0.25, 0.3) is 5.91 Å². The number of carbonyl (C=O) groups excluding carboxylic acids is 2.